The Bertz CT molecular complexity index is 767. The minimum atomic E-state index is -3.48. The molecular weight excluding hydrogens is 328 g/mol. The van der Waals surface area contributed by atoms with Crippen molar-refractivity contribution in [1.82, 2.24) is 9.62 Å². The van der Waals surface area contributed by atoms with Crippen molar-refractivity contribution in [3.8, 4) is 0 Å². The fourth-order valence-corrected chi connectivity index (χ4v) is 5.43. The van der Waals surface area contributed by atoms with E-state index in [0.717, 1.165) is 19.3 Å². The standard InChI is InChI=1S/C17H22N2O4S/c20-16-18-12-17(23-16)7-9-19(10-8-17)24(21,22)15-6-5-13-3-1-2-4-14(13)11-15/h5-6,11H,1-4,7-10,12H2,(H,18,20). The van der Waals surface area contributed by atoms with Gasteiger partial charge in [0.15, 0.2) is 0 Å². The van der Waals surface area contributed by atoms with E-state index in [1.165, 1.54) is 21.9 Å². The van der Waals surface area contributed by atoms with Gasteiger partial charge in [-0.3, -0.25) is 0 Å². The Hall–Kier alpha value is -1.60. The number of alkyl carbamates (subject to hydrolysis) is 1. The summed E-state index contributed by atoms with van der Waals surface area (Å²) in [6.45, 7) is 1.24. The van der Waals surface area contributed by atoms with Gasteiger partial charge < -0.3 is 10.1 Å². The molecule has 1 aliphatic carbocycles. The Morgan fingerprint density at radius 2 is 1.79 bits per heavy atom. The first-order valence-corrected chi connectivity index (χ1v) is 10.0. The molecule has 0 bridgehead atoms. The highest BCUT2D eigenvalue weighted by atomic mass is 32.2. The van der Waals surface area contributed by atoms with Crippen molar-refractivity contribution in [2.45, 2.75) is 49.0 Å². The minimum absolute atomic E-state index is 0.383. The lowest BCUT2D eigenvalue weighted by Gasteiger charge is -2.36. The van der Waals surface area contributed by atoms with Gasteiger partial charge in [0.05, 0.1) is 11.4 Å². The molecule has 6 nitrogen and oxygen atoms in total. The van der Waals surface area contributed by atoms with Crippen LogP contribution in [0.5, 0.6) is 0 Å². The number of benzene rings is 1. The van der Waals surface area contributed by atoms with Crippen molar-refractivity contribution in [2.24, 2.45) is 0 Å². The van der Waals surface area contributed by atoms with Gasteiger partial charge in [0.1, 0.15) is 5.60 Å². The Morgan fingerprint density at radius 1 is 1.08 bits per heavy atom. The number of carbonyl (C=O) groups excluding carboxylic acids is 1. The average molecular weight is 350 g/mol. The van der Waals surface area contributed by atoms with E-state index in [9.17, 15) is 13.2 Å². The molecule has 1 amide bonds. The molecule has 2 saturated heterocycles. The number of nitrogens with zero attached hydrogens (tertiary/aromatic N) is 1. The molecule has 0 radical (unpaired) electrons. The van der Waals surface area contributed by atoms with E-state index < -0.39 is 21.7 Å². The van der Waals surface area contributed by atoms with Gasteiger partial charge >= 0.3 is 6.09 Å². The highest BCUT2D eigenvalue weighted by molar-refractivity contribution is 7.89. The second-order valence-electron chi connectivity index (χ2n) is 6.97. The lowest BCUT2D eigenvalue weighted by molar-refractivity contribution is 0.0173. The number of amides is 1. The molecule has 0 saturated carbocycles. The van der Waals surface area contributed by atoms with Crippen molar-refractivity contribution >= 4 is 16.1 Å². The maximum absolute atomic E-state index is 12.9. The quantitative estimate of drug-likeness (QED) is 0.883. The highest BCUT2D eigenvalue weighted by Gasteiger charge is 2.45. The number of ether oxygens (including phenoxy) is 1. The molecule has 24 heavy (non-hydrogen) atoms. The van der Waals surface area contributed by atoms with Crippen molar-refractivity contribution < 1.29 is 17.9 Å². The number of sulfonamides is 1. The zero-order valence-electron chi connectivity index (χ0n) is 13.6. The largest absolute Gasteiger partial charge is 0.441 e. The van der Waals surface area contributed by atoms with Crippen LogP contribution in [0.3, 0.4) is 0 Å². The first-order chi connectivity index (χ1) is 11.5. The van der Waals surface area contributed by atoms with Crippen LogP contribution in [0, 0.1) is 0 Å². The van der Waals surface area contributed by atoms with Crippen LogP contribution in [0.2, 0.25) is 0 Å². The van der Waals surface area contributed by atoms with E-state index in [0.29, 0.717) is 37.4 Å². The number of hydrogen-bond acceptors (Lipinski definition) is 4. The van der Waals surface area contributed by atoms with Gasteiger partial charge in [-0.15, -0.1) is 0 Å². The summed E-state index contributed by atoms with van der Waals surface area (Å²) in [7, 11) is -3.48. The van der Waals surface area contributed by atoms with Crippen molar-refractivity contribution in [3.05, 3.63) is 29.3 Å². The summed E-state index contributed by atoms with van der Waals surface area (Å²) in [5.41, 5.74) is 1.92. The lowest BCUT2D eigenvalue weighted by atomic mass is 9.92. The Morgan fingerprint density at radius 3 is 2.46 bits per heavy atom. The fourth-order valence-electron chi connectivity index (χ4n) is 3.93. The molecule has 2 heterocycles. The molecule has 0 atom stereocenters. The average Bonchev–Trinajstić information content (AvgIpc) is 2.95. The van der Waals surface area contributed by atoms with Gasteiger partial charge in [0, 0.05) is 25.9 Å². The van der Waals surface area contributed by atoms with E-state index >= 15 is 0 Å². The number of hydrogen-bond donors (Lipinski definition) is 1. The van der Waals surface area contributed by atoms with Crippen molar-refractivity contribution in [2.75, 3.05) is 19.6 Å². The normalized spacial score (nSPS) is 23.6. The zero-order chi connectivity index (χ0) is 16.8. The number of piperidine rings is 1. The molecule has 1 aromatic carbocycles. The molecule has 7 heteroatoms. The lowest BCUT2D eigenvalue weighted by Crippen LogP contribution is -2.48. The molecule has 130 valence electrons. The summed E-state index contributed by atoms with van der Waals surface area (Å²) in [6.07, 6.45) is 4.98. The molecule has 3 aliphatic rings. The zero-order valence-corrected chi connectivity index (χ0v) is 14.4. The van der Waals surface area contributed by atoms with Crippen molar-refractivity contribution in [1.29, 1.82) is 0 Å². The minimum Gasteiger partial charge on any atom is -0.441 e. The van der Waals surface area contributed by atoms with Crippen molar-refractivity contribution in [3.63, 3.8) is 0 Å². The number of rotatable bonds is 2. The Balaban J connectivity index is 1.52. The molecule has 0 aromatic heterocycles. The van der Waals surface area contributed by atoms with Gasteiger partial charge in [-0.1, -0.05) is 6.07 Å². The number of fused-ring (bicyclic) bond motifs is 1. The third-order valence-corrected chi connectivity index (χ3v) is 7.35. The smallest absolute Gasteiger partial charge is 0.407 e. The molecule has 1 N–H and O–H groups in total. The maximum atomic E-state index is 12.9. The predicted octanol–water partition coefficient (Wildman–Crippen LogP) is 1.83. The summed E-state index contributed by atoms with van der Waals surface area (Å²) < 4.78 is 32.8. The molecular formula is C17H22N2O4S. The number of aryl methyl sites for hydroxylation is 2. The van der Waals surface area contributed by atoms with Crippen LogP contribution < -0.4 is 5.32 Å². The molecule has 4 rings (SSSR count). The molecule has 1 aromatic rings. The van der Waals surface area contributed by atoms with E-state index in [-0.39, 0.29) is 0 Å². The van der Waals surface area contributed by atoms with Gasteiger partial charge in [0.2, 0.25) is 10.0 Å². The first kappa shape index (κ1) is 15.9. The van der Waals surface area contributed by atoms with Crippen LogP contribution in [0.4, 0.5) is 4.79 Å². The van der Waals surface area contributed by atoms with E-state index in [1.807, 2.05) is 12.1 Å². The van der Waals surface area contributed by atoms with Crippen LogP contribution in [0.15, 0.2) is 23.1 Å². The van der Waals surface area contributed by atoms with Crippen LogP contribution in [-0.2, 0) is 27.6 Å². The summed E-state index contributed by atoms with van der Waals surface area (Å²) in [5, 5.41) is 2.67. The molecule has 0 unspecified atom stereocenters. The first-order valence-electron chi connectivity index (χ1n) is 8.57. The van der Waals surface area contributed by atoms with E-state index in [1.54, 1.807) is 6.07 Å². The topological polar surface area (TPSA) is 75.7 Å². The maximum Gasteiger partial charge on any atom is 0.407 e. The predicted molar refractivity (Wildman–Crippen MR) is 88.3 cm³/mol. The molecule has 2 aliphatic heterocycles. The second-order valence-corrected chi connectivity index (χ2v) is 8.91. The highest BCUT2D eigenvalue weighted by Crippen LogP contribution is 2.32. The monoisotopic (exact) mass is 350 g/mol. The third kappa shape index (κ3) is 2.69. The fraction of sp³-hybridized carbons (Fsp3) is 0.588. The van der Waals surface area contributed by atoms with E-state index in [2.05, 4.69) is 5.32 Å². The molecule has 1 spiro atoms. The number of carbonyl (C=O) groups is 1. The summed E-state index contributed by atoms with van der Waals surface area (Å²) in [5.74, 6) is 0. The summed E-state index contributed by atoms with van der Waals surface area (Å²) >= 11 is 0. The third-order valence-electron chi connectivity index (χ3n) is 5.46. The Kier molecular flexibility index (Phi) is 3.80. The van der Waals surface area contributed by atoms with Gasteiger partial charge in [-0.05, 0) is 48.9 Å². The van der Waals surface area contributed by atoms with Crippen LogP contribution >= 0.6 is 0 Å². The van der Waals surface area contributed by atoms with Crippen LogP contribution in [0.1, 0.15) is 36.8 Å². The number of nitrogens with one attached hydrogen (secondary N) is 1. The van der Waals surface area contributed by atoms with Crippen LogP contribution in [-0.4, -0.2) is 44.1 Å². The van der Waals surface area contributed by atoms with Gasteiger partial charge in [-0.2, -0.15) is 4.31 Å². The summed E-state index contributed by atoms with van der Waals surface area (Å²) in [6, 6.07) is 5.56. The van der Waals surface area contributed by atoms with Gasteiger partial charge in [0.25, 0.3) is 0 Å². The van der Waals surface area contributed by atoms with Crippen LogP contribution in [0.25, 0.3) is 0 Å². The van der Waals surface area contributed by atoms with Gasteiger partial charge in [-0.25, -0.2) is 13.2 Å². The second kappa shape index (κ2) is 5.74. The van der Waals surface area contributed by atoms with E-state index in [4.69, 9.17) is 4.74 Å². The Labute approximate surface area is 142 Å². The SMILES string of the molecule is O=C1NCC2(CCN(S(=O)(=O)c3ccc4c(c3)CCCC4)CC2)O1. The summed E-state index contributed by atoms with van der Waals surface area (Å²) in [4.78, 5) is 11.7. The molecule has 2 fully saturated rings.